The smallest absolute Gasteiger partial charge is 0.216 e. The lowest BCUT2D eigenvalue weighted by molar-refractivity contribution is 0.317. The van der Waals surface area contributed by atoms with Gasteiger partial charge in [-0.1, -0.05) is 38.3 Å². The monoisotopic (exact) mass is 344 g/mol. The van der Waals surface area contributed by atoms with Crippen molar-refractivity contribution >= 4 is 18.4 Å². The summed E-state index contributed by atoms with van der Waals surface area (Å²) in [6.07, 6.45) is 8.92. The molecule has 1 heterocycles. The van der Waals surface area contributed by atoms with Crippen LogP contribution < -0.4 is 4.74 Å². The highest BCUT2D eigenvalue weighted by Crippen LogP contribution is 2.31. The molecule has 128 valence electrons. The first kappa shape index (κ1) is 16.9. The van der Waals surface area contributed by atoms with Crippen molar-refractivity contribution in [3.05, 3.63) is 40.4 Å². The van der Waals surface area contributed by atoms with Gasteiger partial charge in [0, 0.05) is 11.5 Å². The van der Waals surface area contributed by atoms with Gasteiger partial charge in [0.25, 0.3) is 0 Å². The highest BCUT2D eigenvalue weighted by Gasteiger charge is 2.21. The fraction of sp³-hybridized carbons (Fsp3) is 0.500. The summed E-state index contributed by atoms with van der Waals surface area (Å²) in [6.45, 7) is 2.79. The van der Waals surface area contributed by atoms with Gasteiger partial charge in [-0.25, -0.2) is 0 Å². The maximum atomic E-state index is 5.78. The van der Waals surface area contributed by atoms with Gasteiger partial charge in [0.2, 0.25) is 4.77 Å². The minimum absolute atomic E-state index is 0.440. The second-order valence-corrected chi connectivity index (χ2v) is 6.55. The molecule has 1 aromatic heterocycles. The van der Waals surface area contributed by atoms with E-state index in [1.165, 1.54) is 19.3 Å². The van der Waals surface area contributed by atoms with Crippen LogP contribution in [0.15, 0.2) is 29.4 Å². The van der Waals surface area contributed by atoms with Gasteiger partial charge in [0.1, 0.15) is 5.75 Å². The molecule has 3 rings (SSSR count). The number of H-pyrrole nitrogens is 1. The normalized spacial score (nSPS) is 15.9. The molecule has 0 atom stereocenters. The molecule has 6 heteroatoms. The molecular weight excluding hydrogens is 320 g/mol. The maximum Gasteiger partial charge on any atom is 0.216 e. The first-order valence-corrected chi connectivity index (χ1v) is 9.14. The maximum absolute atomic E-state index is 5.78. The summed E-state index contributed by atoms with van der Waals surface area (Å²) in [5.41, 5.74) is 0.948. The zero-order valence-corrected chi connectivity index (χ0v) is 14.9. The van der Waals surface area contributed by atoms with E-state index in [-0.39, 0.29) is 0 Å². The Balaban J connectivity index is 1.85. The van der Waals surface area contributed by atoms with Crippen molar-refractivity contribution in [1.82, 2.24) is 14.9 Å². The van der Waals surface area contributed by atoms with E-state index >= 15 is 0 Å². The number of nitrogens with zero attached hydrogens (tertiary/aromatic N) is 3. The number of aromatic amines is 1. The molecule has 1 fully saturated rings. The molecule has 5 nitrogen and oxygen atoms in total. The van der Waals surface area contributed by atoms with E-state index in [0.717, 1.165) is 36.4 Å². The minimum Gasteiger partial charge on any atom is -0.493 e. The van der Waals surface area contributed by atoms with Crippen LogP contribution >= 0.6 is 12.2 Å². The zero-order valence-electron chi connectivity index (χ0n) is 14.1. The number of hydrogen-bond donors (Lipinski definition) is 1. The number of ether oxygens (including phenoxy) is 1. The second kappa shape index (κ2) is 8.24. The average molecular weight is 344 g/mol. The van der Waals surface area contributed by atoms with Crippen molar-refractivity contribution in [2.24, 2.45) is 5.10 Å². The Labute approximate surface area is 147 Å². The molecule has 0 unspecified atom stereocenters. The van der Waals surface area contributed by atoms with E-state index in [9.17, 15) is 0 Å². The Hall–Kier alpha value is -1.95. The van der Waals surface area contributed by atoms with Crippen LogP contribution in [0.3, 0.4) is 0 Å². The van der Waals surface area contributed by atoms with Gasteiger partial charge in [-0.15, -0.1) is 0 Å². The number of nitrogens with one attached hydrogen (secondary N) is 1. The Kier molecular flexibility index (Phi) is 5.80. The third-order valence-corrected chi connectivity index (χ3v) is 4.60. The lowest BCUT2D eigenvalue weighted by Crippen LogP contribution is -2.10. The average Bonchev–Trinajstić information content (AvgIpc) is 3.00. The number of rotatable bonds is 6. The van der Waals surface area contributed by atoms with Gasteiger partial charge in [-0.3, -0.25) is 5.10 Å². The van der Waals surface area contributed by atoms with Crippen molar-refractivity contribution in [3.63, 3.8) is 0 Å². The summed E-state index contributed by atoms with van der Waals surface area (Å²) in [6, 6.07) is 7.92. The summed E-state index contributed by atoms with van der Waals surface area (Å²) in [7, 11) is 0. The second-order valence-electron chi connectivity index (χ2n) is 6.16. The molecule has 0 radical (unpaired) electrons. The lowest BCUT2D eigenvalue weighted by Gasteiger charge is -2.19. The predicted molar refractivity (Wildman–Crippen MR) is 98.5 cm³/mol. The Morgan fingerprint density at radius 1 is 1.33 bits per heavy atom. The standard InChI is InChI=1S/C18H24N4OS/c1-2-12-23-16-11-7-6-10-15(16)13-19-22-17(20-21-18(22)24)14-8-4-3-5-9-14/h6-7,10-11,13-14H,2-5,8-9,12H2,1H3,(H,21,24)/b19-13-. The quantitative estimate of drug-likeness (QED) is 0.612. The fourth-order valence-corrected chi connectivity index (χ4v) is 3.28. The fourth-order valence-electron chi connectivity index (χ4n) is 3.09. The minimum atomic E-state index is 0.440. The zero-order chi connectivity index (χ0) is 16.8. The number of para-hydroxylation sites is 1. The lowest BCUT2D eigenvalue weighted by atomic mass is 9.89. The molecule has 0 saturated heterocycles. The number of benzene rings is 1. The van der Waals surface area contributed by atoms with Crippen molar-refractivity contribution < 1.29 is 4.74 Å². The molecule has 1 N–H and O–H groups in total. The first-order valence-electron chi connectivity index (χ1n) is 8.73. The Morgan fingerprint density at radius 3 is 2.92 bits per heavy atom. The van der Waals surface area contributed by atoms with Crippen molar-refractivity contribution in [1.29, 1.82) is 0 Å². The van der Waals surface area contributed by atoms with E-state index in [2.05, 4.69) is 22.2 Å². The first-order chi connectivity index (χ1) is 11.8. The van der Waals surface area contributed by atoms with Crippen molar-refractivity contribution in [2.45, 2.75) is 51.4 Å². The van der Waals surface area contributed by atoms with E-state index in [0.29, 0.717) is 17.3 Å². The Morgan fingerprint density at radius 2 is 2.12 bits per heavy atom. The summed E-state index contributed by atoms with van der Waals surface area (Å²) in [5.74, 6) is 2.23. The third-order valence-electron chi connectivity index (χ3n) is 4.34. The molecular formula is C18H24N4OS. The van der Waals surface area contributed by atoms with Crippen LogP contribution in [0.1, 0.15) is 62.8 Å². The molecule has 2 aromatic rings. The van der Waals surface area contributed by atoms with Gasteiger partial charge < -0.3 is 4.74 Å². The van der Waals surface area contributed by atoms with Crippen LogP contribution in [-0.4, -0.2) is 27.7 Å². The summed E-state index contributed by atoms with van der Waals surface area (Å²) in [5, 5.41) is 11.9. The van der Waals surface area contributed by atoms with Crippen LogP contribution in [0.2, 0.25) is 0 Å². The van der Waals surface area contributed by atoms with Crippen molar-refractivity contribution in [3.8, 4) is 5.75 Å². The highest BCUT2D eigenvalue weighted by molar-refractivity contribution is 7.71. The van der Waals surface area contributed by atoms with Crippen LogP contribution in [0.25, 0.3) is 0 Å². The van der Waals surface area contributed by atoms with E-state index in [1.807, 2.05) is 30.5 Å². The predicted octanol–water partition coefficient (Wildman–Crippen LogP) is 4.66. The van der Waals surface area contributed by atoms with Crippen LogP contribution in [-0.2, 0) is 0 Å². The molecule has 1 aliphatic rings. The molecule has 0 amide bonds. The van der Waals surface area contributed by atoms with E-state index < -0.39 is 0 Å². The van der Waals surface area contributed by atoms with Crippen LogP contribution in [0.5, 0.6) is 5.75 Å². The van der Waals surface area contributed by atoms with Gasteiger partial charge in [0.05, 0.1) is 12.8 Å². The molecule has 1 aromatic carbocycles. The topological polar surface area (TPSA) is 55.2 Å². The van der Waals surface area contributed by atoms with Crippen LogP contribution in [0, 0.1) is 4.77 Å². The molecule has 0 aliphatic heterocycles. The SMILES string of the molecule is CCCOc1ccccc1/C=N\n1c(C2CCCCC2)n[nH]c1=S. The summed E-state index contributed by atoms with van der Waals surface area (Å²) >= 11 is 5.36. The van der Waals surface area contributed by atoms with Gasteiger partial charge in [0.15, 0.2) is 5.82 Å². The molecule has 0 bridgehead atoms. The number of aromatic nitrogens is 3. The molecule has 1 aliphatic carbocycles. The van der Waals surface area contributed by atoms with Crippen LogP contribution in [0.4, 0.5) is 0 Å². The summed E-state index contributed by atoms with van der Waals surface area (Å²) in [4.78, 5) is 0. The van der Waals surface area contributed by atoms with E-state index in [4.69, 9.17) is 17.0 Å². The molecule has 1 saturated carbocycles. The molecule has 24 heavy (non-hydrogen) atoms. The Bertz CT molecular complexity index is 743. The third kappa shape index (κ3) is 3.93. The van der Waals surface area contributed by atoms with Gasteiger partial charge >= 0.3 is 0 Å². The molecule has 0 spiro atoms. The summed E-state index contributed by atoms with van der Waals surface area (Å²) < 4.78 is 8.09. The van der Waals surface area contributed by atoms with Gasteiger partial charge in [-0.05, 0) is 43.6 Å². The largest absolute Gasteiger partial charge is 0.493 e. The van der Waals surface area contributed by atoms with Gasteiger partial charge in [-0.2, -0.15) is 14.9 Å². The van der Waals surface area contributed by atoms with E-state index in [1.54, 1.807) is 4.68 Å². The van der Waals surface area contributed by atoms with Crippen molar-refractivity contribution in [2.75, 3.05) is 6.61 Å². The highest BCUT2D eigenvalue weighted by atomic mass is 32.1. The number of hydrogen-bond acceptors (Lipinski definition) is 4.